The highest BCUT2D eigenvalue weighted by Gasteiger charge is 2.29. The van der Waals surface area contributed by atoms with Gasteiger partial charge in [-0.25, -0.2) is 0 Å². The number of aldehydes is 1. The molecule has 1 aliphatic carbocycles. The number of hydrogen-bond donors (Lipinski definition) is 1. The summed E-state index contributed by atoms with van der Waals surface area (Å²) in [6, 6.07) is 5.42. The average molecular weight is 277 g/mol. The summed E-state index contributed by atoms with van der Waals surface area (Å²) >= 11 is 0. The van der Waals surface area contributed by atoms with Crippen LogP contribution in [0.15, 0.2) is 18.2 Å². The number of nitrogens with zero attached hydrogens (tertiary/aromatic N) is 2. The van der Waals surface area contributed by atoms with Crippen molar-refractivity contribution < 1.29 is 9.72 Å². The van der Waals surface area contributed by atoms with Gasteiger partial charge in [0, 0.05) is 30.3 Å². The lowest BCUT2D eigenvalue weighted by atomic mass is 10.2. The summed E-state index contributed by atoms with van der Waals surface area (Å²) in [5.74, 6) is 0. The molecule has 1 fully saturated rings. The molecule has 0 bridgehead atoms. The quantitative estimate of drug-likeness (QED) is 0.470. The fourth-order valence-corrected chi connectivity index (χ4v) is 2.17. The first-order valence-corrected chi connectivity index (χ1v) is 6.72. The molecule has 0 aromatic heterocycles. The maximum absolute atomic E-state index is 11.0. The van der Waals surface area contributed by atoms with Crippen molar-refractivity contribution in [2.75, 3.05) is 18.9 Å². The van der Waals surface area contributed by atoms with E-state index in [4.69, 9.17) is 0 Å². The van der Waals surface area contributed by atoms with Gasteiger partial charge >= 0.3 is 0 Å². The number of nitrogens with one attached hydrogen (secondary N) is 1. The van der Waals surface area contributed by atoms with Crippen LogP contribution in [0.5, 0.6) is 0 Å². The second-order valence-electron chi connectivity index (χ2n) is 5.28. The third-order valence-electron chi connectivity index (χ3n) is 3.76. The Kier molecular flexibility index (Phi) is 4.34. The minimum atomic E-state index is -0.468. The number of carbonyl (C=O) groups is 1. The third kappa shape index (κ3) is 3.33. The number of nitro groups is 1. The number of benzene rings is 1. The number of hydrogen-bond acceptors (Lipinski definition) is 5. The fourth-order valence-electron chi connectivity index (χ4n) is 2.17. The second kappa shape index (κ2) is 6.00. The summed E-state index contributed by atoms with van der Waals surface area (Å²) in [6.07, 6.45) is 3.07. The number of likely N-dealkylation sites (N-methyl/N-ethyl adjacent to an activating group) is 1. The van der Waals surface area contributed by atoms with Crippen molar-refractivity contribution in [1.29, 1.82) is 0 Å². The van der Waals surface area contributed by atoms with Crippen molar-refractivity contribution in [1.82, 2.24) is 4.90 Å². The first-order valence-electron chi connectivity index (χ1n) is 6.72. The van der Waals surface area contributed by atoms with Gasteiger partial charge in [0.1, 0.15) is 12.0 Å². The molecule has 0 heterocycles. The van der Waals surface area contributed by atoms with E-state index in [1.807, 2.05) is 0 Å². The summed E-state index contributed by atoms with van der Waals surface area (Å²) in [5.41, 5.74) is 0.706. The molecule has 1 saturated carbocycles. The van der Waals surface area contributed by atoms with Gasteiger partial charge in [-0.3, -0.25) is 19.8 Å². The average Bonchev–Trinajstić information content (AvgIpc) is 3.28. The van der Waals surface area contributed by atoms with Crippen LogP contribution >= 0.6 is 0 Å². The zero-order valence-corrected chi connectivity index (χ0v) is 11.7. The van der Waals surface area contributed by atoms with Crippen LogP contribution in [0.4, 0.5) is 11.4 Å². The molecule has 0 aliphatic heterocycles. The van der Waals surface area contributed by atoms with Crippen LogP contribution in [0, 0.1) is 10.1 Å². The molecule has 6 heteroatoms. The zero-order chi connectivity index (χ0) is 14.7. The smallest absolute Gasteiger partial charge is 0.293 e. The number of rotatable bonds is 7. The van der Waals surface area contributed by atoms with Crippen LogP contribution in [0.1, 0.15) is 30.1 Å². The van der Waals surface area contributed by atoms with Crippen LogP contribution < -0.4 is 5.32 Å². The van der Waals surface area contributed by atoms with Crippen LogP contribution in [-0.2, 0) is 0 Å². The Labute approximate surface area is 117 Å². The summed E-state index contributed by atoms with van der Waals surface area (Å²) in [7, 11) is 2.08. The van der Waals surface area contributed by atoms with Crippen molar-refractivity contribution >= 4 is 17.7 Å². The van der Waals surface area contributed by atoms with Crippen molar-refractivity contribution in [3.63, 3.8) is 0 Å². The molecule has 108 valence electrons. The van der Waals surface area contributed by atoms with Gasteiger partial charge in [0.05, 0.1) is 4.92 Å². The van der Waals surface area contributed by atoms with E-state index < -0.39 is 4.92 Å². The molecule has 1 aromatic rings. The summed E-state index contributed by atoms with van der Waals surface area (Å²) < 4.78 is 0. The van der Waals surface area contributed by atoms with E-state index in [-0.39, 0.29) is 5.69 Å². The Morgan fingerprint density at radius 2 is 2.25 bits per heavy atom. The lowest BCUT2D eigenvalue weighted by molar-refractivity contribution is -0.384. The predicted octanol–water partition coefficient (Wildman–Crippen LogP) is 2.30. The minimum absolute atomic E-state index is 0.0594. The highest BCUT2D eigenvalue weighted by Crippen LogP contribution is 2.28. The SMILES string of the molecule is CC(CNc1ccc(C=O)cc1[N+](=O)[O-])N(C)C1CC1. The third-order valence-corrected chi connectivity index (χ3v) is 3.76. The Morgan fingerprint density at radius 3 is 2.80 bits per heavy atom. The molecule has 1 aromatic carbocycles. The van der Waals surface area contributed by atoms with Crippen LogP contribution in [-0.4, -0.2) is 41.8 Å². The van der Waals surface area contributed by atoms with E-state index in [2.05, 4.69) is 24.2 Å². The van der Waals surface area contributed by atoms with E-state index in [9.17, 15) is 14.9 Å². The molecule has 6 nitrogen and oxygen atoms in total. The van der Waals surface area contributed by atoms with Crippen LogP contribution in [0.3, 0.4) is 0 Å². The molecule has 0 saturated heterocycles. The van der Waals surface area contributed by atoms with Gasteiger partial charge in [-0.1, -0.05) is 0 Å². The first-order chi connectivity index (χ1) is 9.52. The Morgan fingerprint density at radius 1 is 1.55 bits per heavy atom. The van der Waals surface area contributed by atoms with E-state index >= 15 is 0 Å². The number of anilines is 1. The van der Waals surface area contributed by atoms with Gasteiger partial charge in [0.15, 0.2) is 0 Å². The largest absolute Gasteiger partial charge is 0.378 e. The Bertz CT molecular complexity index is 514. The maximum Gasteiger partial charge on any atom is 0.293 e. The first kappa shape index (κ1) is 14.5. The Hall–Kier alpha value is -1.95. The normalized spacial score (nSPS) is 15.9. The van der Waals surface area contributed by atoms with E-state index in [0.29, 0.717) is 36.2 Å². The summed E-state index contributed by atoms with van der Waals surface area (Å²) in [4.78, 5) is 23.5. The van der Waals surface area contributed by atoms with Crippen LogP contribution in [0.25, 0.3) is 0 Å². The highest BCUT2D eigenvalue weighted by atomic mass is 16.6. The van der Waals surface area contributed by atoms with Gasteiger partial charge in [-0.2, -0.15) is 0 Å². The molecule has 0 spiro atoms. The molecule has 1 unspecified atom stereocenters. The predicted molar refractivity (Wildman–Crippen MR) is 77.2 cm³/mol. The van der Waals surface area contributed by atoms with Gasteiger partial charge in [-0.05, 0) is 38.9 Å². The molecule has 0 amide bonds. The molecule has 20 heavy (non-hydrogen) atoms. The zero-order valence-electron chi connectivity index (χ0n) is 11.7. The minimum Gasteiger partial charge on any atom is -0.378 e. The van der Waals surface area contributed by atoms with Gasteiger partial charge in [0.2, 0.25) is 0 Å². The second-order valence-corrected chi connectivity index (χ2v) is 5.28. The molecular formula is C14H19N3O3. The lowest BCUT2D eigenvalue weighted by Gasteiger charge is -2.25. The van der Waals surface area contributed by atoms with Crippen molar-refractivity contribution in [3.05, 3.63) is 33.9 Å². The molecule has 1 aliphatic rings. The molecule has 0 radical (unpaired) electrons. The topological polar surface area (TPSA) is 75.5 Å². The molecular weight excluding hydrogens is 258 g/mol. The molecule has 1 N–H and O–H groups in total. The van der Waals surface area contributed by atoms with E-state index in [0.717, 1.165) is 0 Å². The lowest BCUT2D eigenvalue weighted by Crippen LogP contribution is -2.36. The van der Waals surface area contributed by atoms with Crippen molar-refractivity contribution in [2.45, 2.75) is 31.8 Å². The summed E-state index contributed by atoms with van der Waals surface area (Å²) in [6.45, 7) is 2.73. The fraction of sp³-hybridized carbons (Fsp3) is 0.500. The standard InChI is InChI=1S/C14H19N3O3/c1-10(16(2)12-4-5-12)8-15-13-6-3-11(9-18)7-14(13)17(19)20/h3,6-7,9-10,12,15H,4-5,8H2,1-2H3. The highest BCUT2D eigenvalue weighted by molar-refractivity contribution is 5.79. The van der Waals surface area contributed by atoms with Gasteiger partial charge in [0.25, 0.3) is 5.69 Å². The monoisotopic (exact) mass is 277 g/mol. The Balaban J connectivity index is 2.04. The number of carbonyl (C=O) groups excluding carboxylic acids is 1. The van der Waals surface area contributed by atoms with E-state index in [1.54, 1.807) is 12.1 Å². The summed E-state index contributed by atoms with van der Waals surface area (Å²) in [5, 5.41) is 14.1. The molecule has 2 rings (SSSR count). The van der Waals surface area contributed by atoms with Crippen molar-refractivity contribution in [3.8, 4) is 0 Å². The number of nitro benzene ring substituents is 1. The van der Waals surface area contributed by atoms with Gasteiger partial charge < -0.3 is 5.32 Å². The van der Waals surface area contributed by atoms with Crippen molar-refractivity contribution in [2.24, 2.45) is 0 Å². The molecule has 1 atom stereocenters. The maximum atomic E-state index is 11.0. The van der Waals surface area contributed by atoms with E-state index in [1.165, 1.54) is 18.9 Å². The van der Waals surface area contributed by atoms with Crippen LogP contribution in [0.2, 0.25) is 0 Å². The van der Waals surface area contributed by atoms with Gasteiger partial charge in [-0.15, -0.1) is 0 Å².